The van der Waals surface area contributed by atoms with E-state index in [0.29, 0.717) is 16.6 Å². The van der Waals surface area contributed by atoms with Gasteiger partial charge in [0.1, 0.15) is 5.75 Å². The summed E-state index contributed by atoms with van der Waals surface area (Å²) >= 11 is 12.1. The van der Waals surface area contributed by atoms with Gasteiger partial charge in [-0.3, -0.25) is 0 Å². The van der Waals surface area contributed by atoms with Crippen molar-refractivity contribution in [2.24, 2.45) is 5.73 Å². The summed E-state index contributed by atoms with van der Waals surface area (Å²) in [6.45, 7) is 0.424. The minimum atomic E-state index is -0.0710. The Balaban J connectivity index is 2.23. The average Bonchev–Trinajstić information content (AvgIpc) is 2.44. The molecule has 3 nitrogen and oxygen atoms in total. The molecule has 0 aliphatic rings. The maximum absolute atomic E-state index is 6.03. The maximum atomic E-state index is 6.03. The molecule has 0 saturated heterocycles. The average molecular weight is 311 g/mol. The Labute approximate surface area is 128 Å². The van der Waals surface area contributed by atoms with Crippen molar-refractivity contribution in [1.82, 2.24) is 0 Å². The summed E-state index contributed by atoms with van der Waals surface area (Å²) in [7, 11) is 1.64. The van der Waals surface area contributed by atoms with Crippen molar-refractivity contribution in [1.29, 1.82) is 0 Å². The van der Waals surface area contributed by atoms with Gasteiger partial charge >= 0.3 is 0 Å². The van der Waals surface area contributed by atoms with Crippen molar-refractivity contribution >= 4 is 28.9 Å². The molecule has 3 N–H and O–H groups in total. The van der Waals surface area contributed by atoms with E-state index in [1.165, 1.54) is 0 Å². The van der Waals surface area contributed by atoms with Crippen LogP contribution in [0.25, 0.3) is 0 Å². The Morgan fingerprint density at radius 1 is 1.15 bits per heavy atom. The molecular weight excluding hydrogens is 295 g/mol. The Kier molecular flexibility index (Phi) is 5.12. The Morgan fingerprint density at radius 2 is 1.85 bits per heavy atom. The summed E-state index contributed by atoms with van der Waals surface area (Å²) in [5.74, 6) is 0.787. The zero-order valence-corrected chi connectivity index (χ0v) is 12.6. The summed E-state index contributed by atoms with van der Waals surface area (Å²) in [6, 6.07) is 13.0. The highest BCUT2D eigenvalue weighted by molar-refractivity contribution is 6.34. The first-order chi connectivity index (χ1) is 9.62. The van der Waals surface area contributed by atoms with Gasteiger partial charge in [-0.05, 0) is 35.9 Å². The normalized spacial score (nSPS) is 12.0. The number of nitrogens with two attached hydrogens (primary N) is 1. The molecule has 2 rings (SSSR count). The fourth-order valence-corrected chi connectivity index (χ4v) is 2.51. The van der Waals surface area contributed by atoms with E-state index in [1.807, 2.05) is 36.4 Å². The van der Waals surface area contributed by atoms with Gasteiger partial charge in [0.2, 0.25) is 0 Å². The van der Waals surface area contributed by atoms with E-state index in [-0.39, 0.29) is 6.04 Å². The van der Waals surface area contributed by atoms with E-state index < -0.39 is 0 Å². The first-order valence-corrected chi connectivity index (χ1v) is 6.94. The molecule has 0 spiro atoms. The van der Waals surface area contributed by atoms with Gasteiger partial charge in [-0.1, -0.05) is 29.3 Å². The van der Waals surface area contributed by atoms with Gasteiger partial charge in [0.05, 0.1) is 13.2 Å². The minimum Gasteiger partial charge on any atom is -0.497 e. The lowest BCUT2D eigenvalue weighted by molar-refractivity contribution is 0.415. The number of halogens is 2. The first kappa shape index (κ1) is 15.0. The first-order valence-electron chi connectivity index (χ1n) is 6.19. The van der Waals surface area contributed by atoms with Crippen LogP contribution in [0.4, 0.5) is 5.69 Å². The van der Waals surface area contributed by atoms with Crippen LogP contribution >= 0.6 is 23.2 Å². The van der Waals surface area contributed by atoms with Crippen LogP contribution in [0.15, 0.2) is 42.5 Å². The van der Waals surface area contributed by atoms with Gasteiger partial charge in [-0.2, -0.15) is 0 Å². The number of anilines is 1. The summed E-state index contributed by atoms with van der Waals surface area (Å²) in [4.78, 5) is 0. The molecule has 20 heavy (non-hydrogen) atoms. The van der Waals surface area contributed by atoms with Crippen LogP contribution in [0.3, 0.4) is 0 Å². The third-order valence-corrected chi connectivity index (χ3v) is 3.37. The van der Waals surface area contributed by atoms with Crippen LogP contribution in [0.5, 0.6) is 5.75 Å². The molecule has 0 aliphatic heterocycles. The fourth-order valence-electron chi connectivity index (χ4n) is 1.97. The van der Waals surface area contributed by atoms with Gasteiger partial charge in [-0.25, -0.2) is 0 Å². The van der Waals surface area contributed by atoms with Gasteiger partial charge in [0.15, 0.2) is 0 Å². The number of methoxy groups -OCH3 is 1. The van der Waals surface area contributed by atoms with Crippen molar-refractivity contribution in [3.63, 3.8) is 0 Å². The lowest BCUT2D eigenvalue weighted by atomic mass is 10.1. The third-order valence-electron chi connectivity index (χ3n) is 2.93. The van der Waals surface area contributed by atoms with Crippen LogP contribution in [-0.2, 0) is 0 Å². The molecule has 1 unspecified atom stereocenters. The molecule has 0 amide bonds. The van der Waals surface area contributed by atoms with E-state index in [2.05, 4.69) is 5.32 Å². The van der Waals surface area contributed by atoms with Crippen molar-refractivity contribution in [3.05, 3.63) is 58.1 Å². The highest BCUT2D eigenvalue weighted by atomic mass is 35.5. The van der Waals surface area contributed by atoms with E-state index in [0.717, 1.165) is 17.0 Å². The molecule has 0 aliphatic carbocycles. The second-order valence-electron chi connectivity index (χ2n) is 4.37. The van der Waals surface area contributed by atoms with Crippen molar-refractivity contribution in [3.8, 4) is 5.75 Å². The highest BCUT2D eigenvalue weighted by Crippen LogP contribution is 2.26. The number of hydrogen-bond acceptors (Lipinski definition) is 3. The van der Waals surface area contributed by atoms with Gasteiger partial charge < -0.3 is 15.8 Å². The third kappa shape index (κ3) is 3.79. The fraction of sp³-hybridized carbons (Fsp3) is 0.200. The largest absolute Gasteiger partial charge is 0.497 e. The van der Waals surface area contributed by atoms with E-state index in [9.17, 15) is 0 Å². The molecule has 1 atom stereocenters. The van der Waals surface area contributed by atoms with Crippen molar-refractivity contribution < 1.29 is 4.74 Å². The van der Waals surface area contributed by atoms with Crippen LogP contribution in [-0.4, -0.2) is 13.7 Å². The van der Waals surface area contributed by atoms with Crippen molar-refractivity contribution in [2.75, 3.05) is 19.0 Å². The quantitative estimate of drug-likeness (QED) is 0.873. The lowest BCUT2D eigenvalue weighted by Gasteiger charge is -2.19. The maximum Gasteiger partial charge on any atom is 0.120 e. The Bertz CT molecular complexity index is 570. The number of ether oxygens (including phenoxy) is 1. The van der Waals surface area contributed by atoms with E-state index >= 15 is 0 Å². The molecule has 2 aromatic carbocycles. The standard InChI is InChI=1S/C15H16Cl2N2O/c1-20-14-4-2-3-13(8-14)19-15(9-18)10-5-11(16)7-12(17)6-10/h2-8,15,19H,9,18H2,1H3. The van der Waals surface area contributed by atoms with Crippen molar-refractivity contribution in [2.45, 2.75) is 6.04 Å². The lowest BCUT2D eigenvalue weighted by Crippen LogP contribution is -2.20. The molecule has 0 heterocycles. The number of rotatable bonds is 5. The van der Waals surface area contributed by atoms with Crippen LogP contribution < -0.4 is 15.8 Å². The topological polar surface area (TPSA) is 47.3 Å². The van der Waals surface area contributed by atoms with E-state index in [1.54, 1.807) is 13.2 Å². The SMILES string of the molecule is COc1cccc(NC(CN)c2cc(Cl)cc(Cl)c2)c1. The number of hydrogen-bond donors (Lipinski definition) is 2. The molecule has 0 saturated carbocycles. The second kappa shape index (κ2) is 6.84. The zero-order valence-electron chi connectivity index (χ0n) is 11.1. The highest BCUT2D eigenvalue weighted by Gasteiger charge is 2.11. The predicted molar refractivity (Wildman–Crippen MR) is 84.9 cm³/mol. The van der Waals surface area contributed by atoms with Crippen LogP contribution in [0.2, 0.25) is 10.0 Å². The predicted octanol–water partition coefficient (Wildman–Crippen LogP) is 4.11. The molecule has 0 aromatic heterocycles. The zero-order chi connectivity index (χ0) is 14.5. The minimum absolute atomic E-state index is 0.0710. The van der Waals surface area contributed by atoms with E-state index in [4.69, 9.17) is 33.7 Å². The molecule has 2 aromatic rings. The molecular formula is C15H16Cl2N2O. The second-order valence-corrected chi connectivity index (χ2v) is 5.24. The monoisotopic (exact) mass is 310 g/mol. The molecule has 0 radical (unpaired) electrons. The van der Waals surface area contributed by atoms with Gasteiger partial charge in [-0.15, -0.1) is 0 Å². The summed E-state index contributed by atoms with van der Waals surface area (Å²) in [6.07, 6.45) is 0. The number of benzene rings is 2. The smallest absolute Gasteiger partial charge is 0.120 e. The summed E-state index contributed by atoms with van der Waals surface area (Å²) < 4.78 is 5.20. The number of nitrogens with one attached hydrogen (secondary N) is 1. The molecule has 5 heteroatoms. The summed E-state index contributed by atoms with van der Waals surface area (Å²) in [5, 5.41) is 4.54. The van der Waals surface area contributed by atoms with Gasteiger partial charge in [0, 0.05) is 28.3 Å². The van der Waals surface area contributed by atoms with Crippen LogP contribution in [0, 0.1) is 0 Å². The molecule has 0 fully saturated rings. The summed E-state index contributed by atoms with van der Waals surface area (Å²) in [5.41, 5.74) is 7.72. The molecule has 106 valence electrons. The molecule has 0 bridgehead atoms. The van der Waals surface area contributed by atoms with Crippen LogP contribution in [0.1, 0.15) is 11.6 Å². The van der Waals surface area contributed by atoms with Gasteiger partial charge in [0.25, 0.3) is 0 Å². The Hall–Kier alpha value is -1.42. The Morgan fingerprint density at radius 3 is 2.45 bits per heavy atom.